The Morgan fingerprint density at radius 1 is 1.47 bits per heavy atom. The van der Waals surface area contributed by atoms with E-state index in [1.54, 1.807) is 0 Å². The molecular weight excluding hydrogens is 242 g/mol. The van der Waals surface area contributed by atoms with Gasteiger partial charge in [-0.05, 0) is 31.5 Å². The molecule has 2 rings (SSSR count). The summed E-state index contributed by atoms with van der Waals surface area (Å²) in [5.41, 5.74) is 3.06. The number of carboxylic acids is 1. The minimum atomic E-state index is -0.793. The summed E-state index contributed by atoms with van der Waals surface area (Å²) in [5, 5.41) is 8.87. The topological polar surface area (TPSA) is 58.4 Å². The van der Waals surface area contributed by atoms with Crippen LogP contribution in [0.5, 0.6) is 0 Å². The lowest BCUT2D eigenvalue weighted by Gasteiger charge is -2.17. The molecule has 1 aromatic carbocycles. The van der Waals surface area contributed by atoms with Crippen LogP contribution >= 0.6 is 0 Å². The largest absolute Gasteiger partial charge is 0.481 e. The van der Waals surface area contributed by atoms with Crippen LogP contribution in [0, 0.1) is 6.92 Å². The van der Waals surface area contributed by atoms with Crippen LogP contribution in [0.15, 0.2) is 18.2 Å². The second-order valence-corrected chi connectivity index (χ2v) is 4.71. The van der Waals surface area contributed by atoms with Crippen molar-refractivity contribution in [3.63, 3.8) is 0 Å². The van der Waals surface area contributed by atoms with Crippen LogP contribution in [0.2, 0.25) is 0 Å². The maximum absolute atomic E-state index is 10.8. The number of imidazole rings is 1. The molecular formula is C14H19N3O2. The number of aliphatic carboxylic acids is 1. The zero-order valence-corrected chi connectivity index (χ0v) is 11.6. The molecule has 0 aliphatic carbocycles. The van der Waals surface area contributed by atoms with Gasteiger partial charge in [0.1, 0.15) is 0 Å². The third kappa shape index (κ3) is 2.70. The molecule has 5 nitrogen and oxygen atoms in total. The first kappa shape index (κ1) is 13.4. The number of hydrogen-bond acceptors (Lipinski definition) is 3. The van der Waals surface area contributed by atoms with Gasteiger partial charge in [0.15, 0.2) is 0 Å². The summed E-state index contributed by atoms with van der Waals surface area (Å²) in [4.78, 5) is 17.4. The Morgan fingerprint density at radius 2 is 2.21 bits per heavy atom. The van der Waals surface area contributed by atoms with Crippen LogP contribution in [-0.2, 0) is 11.3 Å². The smallest absolute Gasteiger partial charge is 0.305 e. The number of rotatable bonds is 5. The highest BCUT2D eigenvalue weighted by molar-refractivity contribution is 5.80. The summed E-state index contributed by atoms with van der Waals surface area (Å²) >= 11 is 0. The maximum Gasteiger partial charge on any atom is 0.305 e. The van der Waals surface area contributed by atoms with Gasteiger partial charge in [0.2, 0.25) is 5.95 Å². The molecule has 19 heavy (non-hydrogen) atoms. The average molecular weight is 261 g/mol. The number of carbonyl (C=O) groups is 1. The summed E-state index contributed by atoms with van der Waals surface area (Å²) in [6.45, 7) is 5.34. The molecule has 0 unspecified atom stereocenters. The first-order valence-electron chi connectivity index (χ1n) is 6.42. The van der Waals surface area contributed by atoms with Crippen molar-refractivity contribution in [1.82, 2.24) is 9.55 Å². The molecule has 0 saturated heterocycles. The summed E-state index contributed by atoms with van der Waals surface area (Å²) in [5.74, 6) is 0.0309. The zero-order chi connectivity index (χ0) is 14.0. The van der Waals surface area contributed by atoms with E-state index in [-0.39, 0.29) is 6.42 Å². The molecule has 0 saturated carbocycles. The number of nitrogens with zero attached hydrogens (tertiary/aromatic N) is 3. The Morgan fingerprint density at radius 3 is 2.84 bits per heavy atom. The summed E-state index contributed by atoms with van der Waals surface area (Å²) in [6.07, 6.45) is 0.101. The van der Waals surface area contributed by atoms with Gasteiger partial charge in [-0.3, -0.25) is 4.79 Å². The summed E-state index contributed by atoms with van der Waals surface area (Å²) in [6, 6.07) is 6.06. The van der Waals surface area contributed by atoms with Crippen molar-refractivity contribution < 1.29 is 9.90 Å². The van der Waals surface area contributed by atoms with E-state index in [9.17, 15) is 4.79 Å². The normalized spacial score (nSPS) is 10.9. The first-order valence-corrected chi connectivity index (χ1v) is 6.42. The van der Waals surface area contributed by atoms with Gasteiger partial charge in [0.25, 0.3) is 0 Å². The van der Waals surface area contributed by atoms with E-state index in [4.69, 9.17) is 5.11 Å². The third-order valence-corrected chi connectivity index (χ3v) is 3.25. The highest BCUT2D eigenvalue weighted by Crippen LogP contribution is 2.23. The molecule has 0 bridgehead atoms. The van der Waals surface area contributed by atoms with Crippen molar-refractivity contribution in [3.05, 3.63) is 23.8 Å². The molecule has 2 aromatic rings. The molecule has 0 aliphatic heterocycles. The molecule has 1 aromatic heterocycles. The van der Waals surface area contributed by atoms with Crippen molar-refractivity contribution in [3.8, 4) is 0 Å². The van der Waals surface area contributed by atoms with Gasteiger partial charge in [-0.25, -0.2) is 4.98 Å². The van der Waals surface area contributed by atoms with E-state index >= 15 is 0 Å². The van der Waals surface area contributed by atoms with Crippen LogP contribution < -0.4 is 4.90 Å². The predicted molar refractivity (Wildman–Crippen MR) is 75.7 cm³/mol. The van der Waals surface area contributed by atoms with Crippen molar-refractivity contribution in [1.29, 1.82) is 0 Å². The fraction of sp³-hybridized carbons (Fsp3) is 0.429. The number of hydrogen-bond donors (Lipinski definition) is 1. The molecule has 1 heterocycles. The van der Waals surface area contributed by atoms with Crippen molar-refractivity contribution in [2.45, 2.75) is 26.8 Å². The van der Waals surface area contributed by atoms with Crippen LogP contribution in [0.1, 0.15) is 18.9 Å². The second kappa shape index (κ2) is 5.30. The van der Waals surface area contributed by atoms with Gasteiger partial charge in [-0.15, -0.1) is 0 Å². The Balaban J connectivity index is 2.51. The van der Waals surface area contributed by atoms with Gasteiger partial charge in [-0.2, -0.15) is 0 Å². The Bertz CT molecular complexity index is 604. The van der Waals surface area contributed by atoms with E-state index in [1.165, 1.54) is 0 Å². The van der Waals surface area contributed by atoms with Crippen LogP contribution in [-0.4, -0.2) is 34.2 Å². The highest BCUT2D eigenvalue weighted by Gasteiger charge is 2.14. The third-order valence-electron chi connectivity index (χ3n) is 3.25. The Labute approximate surface area is 112 Å². The number of aryl methyl sites for hydroxylation is 2. The van der Waals surface area contributed by atoms with E-state index in [1.807, 2.05) is 48.6 Å². The fourth-order valence-electron chi connectivity index (χ4n) is 2.09. The standard InChI is InChI=1S/C14H19N3O2/c1-4-16(3)14-15-11-9-10(2)5-6-12(11)17(14)8-7-13(18)19/h5-6,9H,4,7-8H2,1-3H3,(H,18,19). The van der Waals surface area contributed by atoms with E-state index in [0.29, 0.717) is 6.54 Å². The van der Waals surface area contributed by atoms with Crippen LogP contribution in [0.25, 0.3) is 11.0 Å². The van der Waals surface area contributed by atoms with E-state index in [2.05, 4.69) is 4.98 Å². The van der Waals surface area contributed by atoms with Crippen molar-refractivity contribution in [2.75, 3.05) is 18.5 Å². The summed E-state index contributed by atoms with van der Waals surface area (Å²) < 4.78 is 1.98. The van der Waals surface area contributed by atoms with Gasteiger partial charge < -0.3 is 14.6 Å². The SMILES string of the molecule is CCN(C)c1nc2cc(C)ccc2n1CCC(=O)O. The minimum Gasteiger partial charge on any atom is -0.481 e. The number of aromatic nitrogens is 2. The van der Waals surface area contributed by atoms with E-state index < -0.39 is 5.97 Å². The lowest BCUT2D eigenvalue weighted by molar-refractivity contribution is -0.137. The zero-order valence-electron chi connectivity index (χ0n) is 11.6. The van der Waals surface area contributed by atoms with Crippen LogP contribution in [0.4, 0.5) is 5.95 Å². The van der Waals surface area contributed by atoms with Crippen LogP contribution in [0.3, 0.4) is 0 Å². The number of benzene rings is 1. The Kier molecular flexibility index (Phi) is 3.74. The molecule has 0 atom stereocenters. The molecule has 0 fully saturated rings. The van der Waals surface area contributed by atoms with Gasteiger partial charge in [-0.1, -0.05) is 6.07 Å². The minimum absolute atomic E-state index is 0.101. The first-order chi connectivity index (χ1) is 9.02. The maximum atomic E-state index is 10.8. The molecule has 102 valence electrons. The average Bonchev–Trinajstić information content (AvgIpc) is 2.72. The van der Waals surface area contributed by atoms with Crippen molar-refractivity contribution >= 4 is 23.0 Å². The lowest BCUT2D eigenvalue weighted by atomic mass is 10.2. The van der Waals surface area contributed by atoms with Crippen molar-refractivity contribution in [2.24, 2.45) is 0 Å². The fourth-order valence-corrected chi connectivity index (χ4v) is 2.09. The molecule has 1 N–H and O–H groups in total. The van der Waals surface area contributed by atoms with Gasteiger partial charge >= 0.3 is 5.97 Å². The lowest BCUT2D eigenvalue weighted by Crippen LogP contribution is -2.21. The molecule has 5 heteroatoms. The number of anilines is 1. The number of carboxylic acid groups (broad SMARTS) is 1. The monoisotopic (exact) mass is 261 g/mol. The Hall–Kier alpha value is -2.04. The van der Waals surface area contributed by atoms with Gasteiger partial charge in [0, 0.05) is 20.1 Å². The molecule has 0 spiro atoms. The molecule has 0 aliphatic rings. The van der Waals surface area contributed by atoms with Gasteiger partial charge in [0.05, 0.1) is 17.5 Å². The highest BCUT2D eigenvalue weighted by atomic mass is 16.4. The second-order valence-electron chi connectivity index (χ2n) is 4.71. The molecule has 0 amide bonds. The summed E-state index contributed by atoms with van der Waals surface area (Å²) in [7, 11) is 1.96. The van der Waals surface area contributed by atoms with E-state index in [0.717, 1.165) is 29.1 Å². The predicted octanol–water partition coefficient (Wildman–Crippen LogP) is 2.28. The molecule has 0 radical (unpaired) electrons. The number of fused-ring (bicyclic) bond motifs is 1. The quantitative estimate of drug-likeness (QED) is 0.897.